The Bertz CT molecular complexity index is 421. The number of nitrogens with zero attached hydrogens (tertiary/aromatic N) is 1. The maximum atomic E-state index is 11.4. The molecular weight excluding hydrogens is 286 g/mol. The molecule has 9 nitrogen and oxygen atoms in total. The molecule has 0 aromatic carbocycles. The van der Waals surface area contributed by atoms with Gasteiger partial charge in [0.05, 0.1) is 6.54 Å². The van der Waals surface area contributed by atoms with Crippen molar-refractivity contribution in [3.8, 4) is 0 Å². The molecule has 1 unspecified atom stereocenters. The quantitative estimate of drug-likeness (QED) is 0.504. The van der Waals surface area contributed by atoms with Crippen LogP contribution in [-0.4, -0.2) is 54.9 Å². The number of hydrogen-bond donors (Lipinski definition) is 0. The van der Waals surface area contributed by atoms with Crippen LogP contribution in [0.1, 0.15) is 26.7 Å². The van der Waals surface area contributed by atoms with Crippen LogP contribution in [0.2, 0.25) is 0 Å². The van der Waals surface area contributed by atoms with Gasteiger partial charge < -0.3 is 19.0 Å². The van der Waals surface area contributed by atoms with Crippen molar-refractivity contribution in [2.45, 2.75) is 32.8 Å². The number of hydrogen-bond acceptors (Lipinski definition) is 8. The summed E-state index contributed by atoms with van der Waals surface area (Å²) in [6.07, 6.45) is -0.864. The molecule has 21 heavy (non-hydrogen) atoms. The Morgan fingerprint density at radius 3 is 2.57 bits per heavy atom. The van der Waals surface area contributed by atoms with E-state index in [9.17, 15) is 19.2 Å². The molecule has 1 rings (SSSR count). The first-order valence-electron chi connectivity index (χ1n) is 6.36. The van der Waals surface area contributed by atoms with Crippen molar-refractivity contribution in [1.82, 2.24) is 5.06 Å². The smallest absolute Gasteiger partial charge is 0.459 e. The van der Waals surface area contributed by atoms with E-state index in [4.69, 9.17) is 14.3 Å². The maximum absolute atomic E-state index is 11.4. The third kappa shape index (κ3) is 6.59. The summed E-state index contributed by atoms with van der Waals surface area (Å²) in [6.45, 7) is 2.25. The Morgan fingerprint density at radius 1 is 1.29 bits per heavy atom. The van der Waals surface area contributed by atoms with Gasteiger partial charge in [-0.3, -0.25) is 9.59 Å². The summed E-state index contributed by atoms with van der Waals surface area (Å²) in [6, 6.07) is 0. The fraction of sp³-hybridized carbons (Fsp3) is 0.667. The molecule has 0 aromatic rings. The third-order valence-electron chi connectivity index (χ3n) is 2.38. The average Bonchev–Trinajstić information content (AvgIpc) is 2.79. The van der Waals surface area contributed by atoms with Gasteiger partial charge in [0.25, 0.3) is 5.91 Å². The predicted molar refractivity (Wildman–Crippen MR) is 65.6 cm³/mol. The zero-order valence-corrected chi connectivity index (χ0v) is 11.8. The lowest BCUT2D eigenvalue weighted by Gasteiger charge is -2.17. The molecule has 0 bridgehead atoms. The van der Waals surface area contributed by atoms with E-state index in [-0.39, 0.29) is 12.5 Å². The lowest BCUT2D eigenvalue weighted by atomic mass is 10.4. The molecule has 1 aliphatic heterocycles. The van der Waals surface area contributed by atoms with Gasteiger partial charge in [-0.15, -0.1) is 0 Å². The molecule has 9 heteroatoms. The molecule has 1 heterocycles. The van der Waals surface area contributed by atoms with Crippen molar-refractivity contribution in [1.29, 1.82) is 0 Å². The summed E-state index contributed by atoms with van der Waals surface area (Å²) < 4.78 is 13.9. The van der Waals surface area contributed by atoms with Crippen molar-refractivity contribution in [2.24, 2.45) is 0 Å². The Morgan fingerprint density at radius 2 is 2.00 bits per heavy atom. The first-order chi connectivity index (χ1) is 9.88. The van der Waals surface area contributed by atoms with E-state index in [0.717, 1.165) is 12.0 Å². The lowest BCUT2D eigenvalue weighted by molar-refractivity contribution is -0.169. The highest BCUT2D eigenvalue weighted by molar-refractivity contribution is 5.78. The van der Waals surface area contributed by atoms with Gasteiger partial charge in [0.15, 0.2) is 6.61 Å². The molecular formula is C12H17NO8. The topological polar surface area (TPSA) is 108 Å². The van der Waals surface area contributed by atoms with Gasteiger partial charge in [0, 0.05) is 13.3 Å². The molecule has 0 aromatic heterocycles. The van der Waals surface area contributed by atoms with Crippen LogP contribution >= 0.6 is 0 Å². The van der Waals surface area contributed by atoms with Crippen LogP contribution < -0.4 is 0 Å². The summed E-state index contributed by atoms with van der Waals surface area (Å²) in [5.41, 5.74) is 0. The second-order valence-corrected chi connectivity index (χ2v) is 4.33. The SMILES string of the molecule is CC(=O)OCC(=O)OCC(C)OC(=O)ON1CCCC1=O. The van der Waals surface area contributed by atoms with Gasteiger partial charge in [-0.25, -0.2) is 9.59 Å². The molecule has 0 saturated carbocycles. The molecule has 1 aliphatic rings. The number of ether oxygens (including phenoxy) is 3. The van der Waals surface area contributed by atoms with Gasteiger partial charge in [0.2, 0.25) is 0 Å². The molecule has 118 valence electrons. The van der Waals surface area contributed by atoms with Crippen molar-refractivity contribution < 1.29 is 38.2 Å². The molecule has 0 N–H and O–H groups in total. The summed E-state index contributed by atoms with van der Waals surface area (Å²) in [5.74, 6) is -1.65. The molecule has 0 radical (unpaired) electrons. The highest BCUT2D eigenvalue weighted by atomic mass is 16.8. The van der Waals surface area contributed by atoms with Crippen LogP contribution in [0, 0.1) is 0 Å². The predicted octanol–water partition coefficient (Wildman–Crippen LogP) is 0.172. The van der Waals surface area contributed by atoms with E-state index in [2.05, 4.69) is 4.74 Å². The van der Waals surface area contributed by atoms with Crippen molar-refractivity contribution in [2.75, 3.05) is 19.8 Å². The van der Waals surface area contributed by atoms with E-state index in [0.29, 0.717) is 19.4 Å². The molecule has 0 spiro atoms. The highest BCUT2D eigenvalue weighted by Gasteiger charge is 2.25. The zero-order valence-electron chi connectivity index (χ0n) is 11.8. The van der Waals surface area contributed by atoms with E-state index >= 15 is 0 Å². The van der Waals surface area contributed by atoms with E-state index in [1.165, 1.54) is 6.92 Å². The maximum Gasteiger partial charge on any atom is 0.533 e. The minimum Gasteiger partial charge on any atom is -0.459 e. The average molecular weight is 303 g/mol. The number of amides is 1. The molecule has 1 atom stereocenters. The Hall–Kier alpha value is -2.32. The fourth-order valence-corrected chi connectivity index (χ4v) is 1.44. The van der Waals surface area contributed by atoms with E-state index in [1.807, 2.05) is 0 Å². The van der Waals surface area contributed by atoms with E-state index < -0.39 is 30.8 Å². The van der Waals surface area contributed by atoms with E-state index in [1.54, 1.807) is 0 Å². The molecule has 0 aliphatic carbocycles. The second kappa shape index (κ2) is 8.08. The monoisotopic (exact) mass is 303 g/mol. The first-order valence-corrected chi connectivity index (χ1v) is 6.36. The minimum atomic E-state index is -1.05. The van der Waals surface area contributed by atoms with Gasteiger partial charge in [-0.1, -0.05) is 0 Å². The minimum absolute atomic E-state index is 0.219. The van der Waals surface area contributed by atoms with Crippen LogP contribution in [0.15, 0.2) is 0 Å². The number of rotatable bonds is 6. The Labute approximate surface area is 121 Å². The molecule has 1 saturated heterocycles. The molecule has 1 amide bonds. The summed E-state index contributed by atoms with van der Waals surface area (Å²) in [7, 11) is 0. The number of hydroxylamine groups is 2. The Kier molecular flexibility index (Phi) is 6.44. The normalized spacial score (nSPS) is 15.3. The van der Waals surface area contributed by atoms with Gasteiger partial charge in [-0.05, 0) is 13.3 Å². The zero-order chi connectivity index (χ0) is 15.8. The van der Waals surface area contributed by atoms with Crippen LogP contribution in [-0.2, 0) is 33.4 Å². The number of carbonyl (C=O) groups is 4. The third-order valence-corrected chi connectivity index (χ3v) is 2.38. The number of esters is 2. The van der Waals surface area contributed by atoms with Crippen molar-refractivity contribution in [3.05, 3.63) is 0 Å². The van der Waals surface area contributed by atoms with Crippen molar-refractivity contribution >= 4 is 24.0 Å². The van der Waals surface area contributed by atoms with Gasteiger partial charge in [0.1, 0.15) is 12.7 Å². The summed E-state index contributed by atoms with van der Waals surface area (Å²) >= 11 is 0. The van der Waals surface area contributed by atoms with Crippen LogP contribution in [0.3, 0.4) is 0 Å². The van der Waals surface area contributed by atoms with Crippen molar-refractivity contribution in [3.63, 3.8) is 0 Å². The lowest BCUT2D eigenvalue weighted by Crippen LogP contribution is -2.31. The Balaban J connectivity index is 2.18. The standard InChI is InChI=1S/C12H17NO8/c1-8(6-19-11(16)7-18-9(2)14)20-12(17)21-13-5-3-4-10(13)15/h8H,3-7H2,1-2H3. The second-order valence-electron chi connectivity index (χ2n) is 4.33. The first kappa shape index (κ1) is 16.7. The van der Waals surface area contributed by atoms with Gasteiger partial charge >= 0.3 is 18.1 Å². The molecule has 1 fully saturated rings. The highest BCUT2D eigenvalue weighted by Crippen LogP contribution is 2.11. The van der Waals surface area contributed by atoms with Crippen LogP contribution in [0.25, 0.3) is 0 Å². The summed E-state index contributed by atoms with van der Waals surface area (Å²) in [5, 5.41) is 0.932. The summed E-state index contributed by atoms with van der Waals surface area (Å²) in [4.78, 5) is 48.9. The largest absolute Gasteiger partial charge is 0.533 e. The fourth-order valence-electron chi connectivity index (χ4n) is 1.44. The van der Waals surface area contributed by atoms with Gasteiger partial charge in [-0.2, -0.15) is 5.06 Å². The van der Waals surface area contributed by atoms with Crippen LogP contribution in [0.5, 0.6) is 0 Å². The number of carbonyl (C=O) groups excluding carboxylic acids is 4. The van der Waals surface area contributed by atoms with Crippen LogP contribution in [0.4, 0.5) is 4.79 Å².